The Morgan fingerprint density at radius 2 is 1.84 bits per heavy atom. The number of carbonyl (C=O) groups excluding carboxylic acids is 1. The number of hydrogen-bond donors (Lipinski definition) is 1. The van der Waals surface area contributed by atoms with Crippen LogP contribution in [0.15, 0.2) is 53.5 Å². The Morgan fingerprint density at radius 1 is 1.07 bits per heavy atom. The van der Waals surface area contributed by atoms with Gasteiger partial charge in [-0.3, -0.25) is 4.79 Å². The molecule has 1 aliphatic heterocycles. The first kappa shape index (κ1) is 30.1. The summed E-state index contributed by atoms with van der Waals surface area (Å²) in [7, 11) is 4.94. The highest BCUT2D eigenvalue weighted by atomic mass is 19.1. The van der Waals surface area contributed by atoms with Gasteiger partial charge in [0.05, 0.1) is 35.9 Å². The third-order valence-electron chi connectivity index (χ3n) is 8.06. The number of hydrogen-bond acceptors (Lipinski definition) is 8. The van der Waals surface area contributed by atoms with Crippen LogP contribution in [-0.4, -0.2) is 71.9 Å². The Hall–Kier alpha value is -4.38. The number of esters is 1. The third-order valence-corrected chi connectivity index (χ3v) is 8.06. The van der Waals surface area contributed by atoms with Crippen molar-refractivity contribution < 1.29 is 18.7 Å². The normalized spacial score (nSPS) is 14.7. The molecule has 0 saturated carbocycles. The lowest BCUT2D eigenvalue weighted by atomic mass is 10.0. The summed E-state index contributed by atoms with van der Waals surface area (Å²) in [6, 6.07) is 11.8. The molecule has 228 valence electrons. The van der Waals surface area contributed by atoms with Crippen LogP contribution >= 0.6 is 0 Å². The molecule has 3 heterocycles. The number of rotatable bonds is 10. The molecule has 2 N–H and O–H groups in total. The maximum atomic E-state index is 14.3. The number of anilines is 2. The highest BCUT2D eigenvalue weighted by Gasteiger charge is 2.19. The van der Waals surface area contributed by atoms with Gasteiger partial charge in [-0.1, -0.05) is 6.92 Å². The summed E-state index contributed by atoms with van der Waals surface area (Å²) in [5.41, 5.74) is 9.70. The number of piperazine rings is 1. The molecule has 0 aliphatic carbocycles. The highest BCUT2D eigenvalue weighted by molar-refractivity contribution is 5.91. The van der Waals surface area contributed by atoms with E-state index >= 15 is 0 Å². The molecule has 2 aromatic carbocycles. The molecule has 1 fully saturated rings. The summed E-state index contributed by atoms with van der Waals surface area (Å²) in [6.07, 6.45) is 2.98. The first-order valence-corrected chi connectivity index (χ1v) is 14.6. The summed E-state index contributed by atoms with van der Waals surface area (Å²) in [5.74, 6) is 0.0519. The molecule has 1 saturated heterocycles. The van der Waals surface area contributed by atoms with Gasteiger partial charge in [0.25, 0.3) is 5.56 Å². The molecule has 5 rings (SSSR count). The van der Waals surface area contributed by atoms with Crippen molar-refractivity contribution in [3.05, 3.63) is 70.4 Å². The van der Waals surface area contributed by atoms with Crippen LogP contribution in [0.4, 0.5) is 16.0 Å². The topological polar surface area (TPSA) is 108 Å². The van der Waals surface area contributed by atoms with E-state index in [9.17, 15) is 14.0 Å². The minimum atomic E-state index is -0.591. The summed E-state index contributed by atoms with van der Waals surface area (Å²) in [4.78, 5) is 34.4. The zero-order valence-corrected chi connectivity index (χ0v) is 25.2. The molecule has 2 aromatic heterocycles. The quantitative estimate of drug-likeness (QED) is 0.217. The highest BCUT2D eigenvalue weighted by Crippen LogP contribution is 2.30. The van der Waals surface area contributed by atoms with E-state index in [2.05, 4.69) is 45.5 Å². The number of nitrogens with zero attached hydrogens (tertiary/aromatic N) is 5. The maximum Gasteiger partial charge on any atom is 0.339 e. The molecular formula is C32H39FN6O4. The number of pyridine rings is 1. The molecule has 4 aromatic rings. The fourth-order valence-electron chi connectivity index (χ4n) is 5.57. The molecular weight excluding hydrogens is 551 g/mol. The predicted octanol–water partition coefficient (Wildman–Crippen LogP) is 4.16. The number of likely N-dealkylation sites (N-methyl/N-ethyl adjacent to an activating group) is 1. The van der Waals surface area contributed by atoms with Crippen molar-refractivity contribution in [1.29, 1.82) is 0 Å². The van der Waals surface area contributed by atoms with Crippen molar-refractivity contribution in [3.8, 4) is 16.9 Å². The van der Waals surface area contributed by atoms with Crippen LogP contribution < -0.4 is 20.9 Å². The largest absolute Gasteiger partial charge is 0.493 e. The van der Waals surface area contributed by atoms with Crippen molar-refractivity contribution in [1.82, 2.24) is 19.0 Å². The zero-order valence-electron chi connectivity index (χ0n) is 25.2. The van der Waals surface area contributed by atoms with Gasteiger partial charge in [-0.2, -0.15) is 0 Å². The lowest BCUT2D eigenvalue weighted by molar-refractivity contribution is 0.0599. The number of carbonyl (C=O) groups is 1. The van der Waals surface area contributed by atoms with Crippen LogP contribution in [0.1, 0.15) is 30.1 Å². The molecule has 43 heavy (non-hydrogen) atoms. The monoisotopic (exact) mass is 590 g/mol. The van der Waals surface area contributed by atoms with E-state index < -0.39 is 11.8 Å². The number of halogens is 1. The van der Waals surface area contributed by atoms with Crippen LogP contribution in [0.5, 0.6) is 5.75 Å². The van der Waals surface area contributed by atoms with E-state index in [1.165, 1.54) is 54.9 Å². The molecule has 0 spiro atoms. The van der Waals surface area contributed by atoms with Crippen LogP contribution in [0, 0.1) is 11.7 Å². The molecule has 11 heteroatoms. The van der Waals surface area contributed by atoms with Gasteiger partial charge in [0.2, 0.25) is 5.95 Å². The van der Waals surface area contributed by atoms with Crippen LogP contribution in [-0.2, 0) is 18.3 Å². The van der Waals surface area contributed by atoms with E-state index in [0.29, 0.717) is 24.8 Å². The standard InChI is InChI=1S/C32H39FN6O4/c1-21(19-39-28-18-24(8-9-27(28)35-32(39)34)38-13-11-36(2)12-14-38)6-5-15-43-29-10-7-23(33)17-25(29)26-16-22(31(41)42-4)20-37(3)30(26)40/h7-10,16-18,20-21H,5-6,11-15,19H2,1-4H3,(H2,34,35)/t21-/m1/s1. The van der Waals surface area contributed by atoms with Gasteiger partial charge in [0.15, 0.2) is 0 Å². The first-order chi connectivity index (χ1) is 20.6. The van der Waals surface area contributed by atoms with Gasteiger partial charge >= 0.3 is 5.97 Å². The van der Waals surface area contributed by atoms with E-state index in [1.807, 2.05) is 6.07 Å². The molecule has 0 radical (unpaired) electrons. The second kappa shape index (κ2) is 12.9. The Bertz CT molecular complexity index is 1670. The van der Waals surface area contributed by atoms with Crippen LogP contribution in [0.2, 0.25) is 0 Å². The second-order valence-corrected chi connectivity index (χ2v) is 11.3. The number of imidazole rings is 1. The molecule has 10 nitrogen and oxygen atoms in total. The first-order valence-electron chi connectivity index (χ1n) is 14.6. The minimum Gasteiger partial charge on any atom is -0.493 e. The molecule has 0 unspecified atom stereocenters. The molecule has 0 bridgehead atoms. The average Bonchev–Trinajstić information content (AvgIpc) is 3.30. The SMILES string of the molecule is COC(=O)c1cc(-c2cc(F)ccc2OCCC[C@@H](C)Cn2c(N)nc3ccc(N4CCN(C)CC4)cc32)c(=O)n(C)c1. The van der Waals surface area contributed by atoms with E-state index in [-0.39, 0.29) is 28.2 Å². The fraction of sp³-hybridized carbons (Fsp3) is 0.406. The second-order valence-electron chi connectivity index (χ2n) is 11.3. The van der Waals surface area contributed by atoms with Crippen LogP contribution in [0.25, 0.3) is 22.2 Å². The molecule has 1 aliphatic rings. The number of aryl methyl sites for hydroxylation is 1. The smallest absolute Gasteiger partial charge is 0.339 e. The molecule has 1 atom stereocenters. The Labute approximate surface area is 250 Å². The number of nitrogens with two attached hydrogens (primary N) is 1. The summed E-state index contributed by atoms with van der Waals surface area (Å²) in [6.45, 7) is 7.30. The van der Waals surface area contributed by atoms with Crippen LogP contribution in [0.3, 0.4) is 0 Å². The number of aromatic nitrogens is 3. The Balaban J connectivity index is 1.25. The van der Waals surface area contributed by atoms with Gasteiger partial charge in [0, 0.05) is 57.2 Å². The number of ether oxygens (including phenoxy) is 2. The lowest BCUT2D eigenvalue weighted by Crippen LogP contribution is -2.44. The lowest BCUT2D eigenvalue weighted by Gasteiger charge is -2.34. The summed E-state index contributed by atoms with van der Waals surface area (Å²) >= 11 is 0. The average molecular weight is 591 g/mol. The van der Waals surface area contributed by atoms with E-state index in [4.69, 9.17) is 15.2 Å². The molecule has 0 amide bonds. The van der Waals surface area contributed by atoms with E-state index in [0.717, 1.165) is 50.1 Å². The van der Waals surface area contributed by atoms with Crippen molar-refractivity contribution in [2.45, 2.75) is 26.3 Å². The maximum absolute atomic E-state index is 14.3. The Kier molecular flexibility index (Phi) is 9.00. The number of nitrogen functional groups attached to an aromatic ring is 1. The third kappa shape index (κ3) is 6.67. The minimum absolute atomic E-state index is 0.159. The number of methoxy groups -OCH3 is 1. The van der Waals surface area contributed by atoms with Gasteiger partial charge < -0.3 is 34.1 Å². The number of benzene rings is 2. The number of fused-ring (bicyclic) bond motifs is 1. The van der Waals surface area contributed by atoms with Gasteiger partial charge in [-0.25, -0.2) is 14.2 Å². The summed E-state index contributed by atoms with van der Waals surface area (Å²) < 4.78 is 28.5. The van der Waals surface area contributed by atoms with Crippen molar-refractivity contribution in [2.24, 2.45) is 13.0 Å². The van der Waals surface area contributed by atoms with Crippen molar-refractivity contribution >= 4 is 28.6 Å². The van der Waals surface area contributed by atoms with Crippen molar-refractivity contribution in [3.63, 3.8) is 0 Å². The zero-order chi connectivity index (χ0) is 30.7. The fourth-order valence-corrected chi connectivity index (χ4v) is 5.57. The Morgan fingerprint density at radius 3 is 2.58 bits per heavy atom. The van der Waals surface area contributed by atoms with Gasteiger partial charge in [-0.15, -0.1) is 0 Å². The van der Waals surface area contributed by atoms with Gasteiger partial charge in [-0.05, 0) is 68.3 Å². The summed E-state index contributed by atoms with van der Waals surface area (Å²) in [5, 5.41) is 0. The van der Waals surface area contributed by atoms with E-state index in [1.54, 1.807) is 0 Å². The van der Waals surface area contributed by atoms with Gasteiger partial charge in [0.1, 0.15) is 11.6 Å². The van der Waals surface area contributed by atoms with Crippen molar-refractivity contribution in [2.75, 3.05) is 57.6 Å². The predicted molar refractivity (Wildman–Crippen MR) is 166 cm³/mol.